The molecule has 0 radical (unpaired) electrons. The Morgan fingerprint density at radius 2 is 2.18 bits per heavy atom. The lowest BCUT2D eigenvalue weighted by molar-refractivity contribution is -0.120. The first-order chi connectivity index (χ1) is 8.13. The summed E-state index contributed by atoms with van der Waals surface area (Å²) in [5, 5.41) is 2.80. The second kappa shape index (κ2) is 7.40. The smallest absolute Gasteiger partial charge is 0.224 e. The fourth-order valence-corrected chi connectivity index (χ4v) is 1.82. The van der Waals surface area contributed by atoms with Crippen molar-refractivity contribution in [2.24, 2.45) is 5.73 Å². The molecular formula is C12H16BrFN2O. The van der Waals surface area contributed by atoms with E-state index in [1.807, 2.05) is 0 Å². The maximum Gasteiger partial charge on any atom is 0.224 e. The van der Waals surface area contributed by atoms with Crippen molar-refractivity contribution in [1.82, 2.24) is 5.32 Å². The number of nitrogens with two attached hydrogens (primary N) is 1. The molecule has 1 rings (SSSR count). The predicted octanol–water partition coefficient (Wildman–Crippen LogP) is 1.99. The normalized spacial score (nSPS) is 10.3. The average Bonchev–Trinajstić information content (AvgIpc) is 2.30. The Morgan fingerprint density at radius 3 is 2.82 bits per heavy atom. The summed E-state index contributed by atoms with van der Waals surface area (Å²) in [7, 11) is 0. The van der Waals surface area contributed by atoms with Gasteiger partial charge in [-0.25, -0.2) is 4.39 Å². The van der Waals surface area contributed by atoms with E-state index in [4.69, 9.17) is 5.73 Å². The van der Waals surface area contributed by atoms with Crippen molar-refractivity contribution < 1.29 is 9.18 Å². The number of carbonyl (C=O) groups is 1. The van der Waals surface area contributed by atoms with Gasteiger partial charge in [0, 0.05) is 6.54 Å². The molecule has 0 aliphatic heterocycles. The topological polar surface area (TPSA) is 55.1 Å². The van der Waals surface area contributed by atoms with E-state index >= 15 is 0 Å². The van der Waals surface area contributed by atoms with E-state index in [2.05, 4.69) is 21.2 Å². The predicted molar refractivity (Wildman–Crippen MR) is 69.1 cm³/mol. The van der Waals surface area contributed by atoms with Crippen LogP contribution in [0.4, 0.5) is 4.39 Å². The van der Waals surface area contributed by atoms with Gasteiger partial charge in [-0.3, -0.25) is 4.79 Å². The van der Waals surface area contributed by atoms with Crippen LogP contribution in [0.15, 0.2) is 22.7 Å². The van der Waals surface area contributed by atoms with Crippen molar-refractivity contribution in [2.75, 3.05) is 13.1 Å². The molecule has 0 saturated carbocycles. The molecule has 0 atom stereocenters. The van der Waals surface area contributed by atoms with Gasteiger partial charge in [0.2, 0.25) is 5.91 Å². The molecule has 5 heteroatoms. The van der Waals surface area contributed by atoms with Gasteiger partial charge in [-0.1, -0.05) is 6.07 Å². The first-order valence-electron chi connectivity index (χ1n) is 5.54. The molecule has 0 saturated heterocycles. The highest BCUT2D eigenvalue weighted by atomic mass is 79.9. The van der Waals surface area contributed by atoms with Gasteiger partial charge in [0.05, 0.1) is 10.9 Å². The van der Waals surface area contributed by atoms with Gasteiger partial charge in [0.15, 0.2) is 0 Å². The molecular weight excluding hydrogens is 287 g/mol. The van der Waals surface area contributed by atoms with Crippen molar-refractivity contribution in [1.29, 1.82) is 0 Å². The van der Waals surface area contributed by atoms with E-state index in [1.165, 1.54) is 6.07 Å². The quantitative estimate of drug-likeness (QED) is 0.790. The molecule has 0 bridgehead atoms. The first-order valence-corrected chi connectivity index (χ1v) is 6.33. The van der Waals surface area contributed by atoms with Crippen molar-refractivity contribution in [3.63, 3.8) is 0 Å². The van der Waals surface area contributed by atoms with Crippen LogP contribution in [-0.2, 0) is 11.2 Å². The van der Waals surface area contributed by atoms with Crippen LogP contribution >= 0.6 is 15.9 Å². The van der Waals surface area contributed by atoms with Gasteiger partial charge in [0.1, 0.15) is 5.82 Å². The lowest BCUT2D eigenvalue weighted by atomic mass is 10.1. The molecule has 1 aromatic carbocycles. The number of nitrogens with one attached hydrogen (secondary N) is 1. The maximum atomic E-state index is 13.0. The Hall–Kier alpha value is -0.940. The average molecular weight is 303 g/mol. The SMILES string of the molecule is NCCCCNC(=O)Cc1ccc(F)c(Br)c1. The summed E-state index contributed by atoms with van der Waals surface area (Å²) < 4.78 is 13.3. The fourth-order valence-electron chi connectivity index (χ4n) is 1.39. The van der Waals surface area contributed by atoms with Crippen molar-refractivity contribution in [2.45, 2.75) is 19.3 Å². The van der Waals surface area contributed by atoms with Crippen molar-refractivity contribution >= 4 is 21.8 Å². The molecule has 94 valence electrons. The molecule has 3 N–H and O–H groups in total. The zero-order chi connectivity index (χ0) is 12.7. The van der Waals surface area contributed by atoms with Crippen LogP contribution in [0.1, 0.15) is 18.4 Å². The molecule has 0 unspecified atom stereocenters. The Morgan fingerprint density at radius 1 is 1.41 bits per heavy atom. The zero-order valence-corrected chi connectivity index (χ0v) is 11.1. The van der Waals surface area contributed by atoms with Gasteiger partial charge < -0.3 is 11.1 Å². The van der Waals surface area contributed by atoms with Gasteiger partial charge in [-0.05, 0) is 53.0 Å². The second-order valence-corrected chi connectivity index (χ2v) is 4.63. The minimum Gasteiger partial charge on any atom is -0.356 e. The molecule has 0 aliphatic carbocycles. The highest BCUT2D eigenvalue weighted by Gasteiger charge is 2.05. The van der Waals surface area contributed by atoms with Crippen LogP contribution < -0.4 is 11.1 Å². The van der Waals surface area contributed by atoms with Gasteiger partial charge in [-0.15, -0.1) is 0 Å². The lowest BCUT2D eigenvalue weighted by Crippen LogP contribution is -2.26. The second-order valence-electron chi connectivity index (χ2n) is 3.77. The van der Waals surface area contributed by atoms with Gasteiger partial charge >= 0.3 is 0 Å². The highest BCUT2D eigenvalue weighted by molar-refractivity contribution is 9.10. The molecule has 0 spiro atoms. The molecule has 0 aliphatic rings. The number of unbranched alkanes of at least 4 members (excludes halogenated alkanes) is 1. The van der Waals surface area contributed by atoms with E-state index < -0.39 is 0 Å². The van der Waals surface area contributed by atoms with E-state index in [1.54, 1.807) is 12.1 Å². The van der Waals surface area contributed by atoms with E-state index in [0.29, 0.717) is 17.6 Å². The minimum atomic E-state index is -0.322. The summed E-state index contributed by atoms with van der Waals surface area (Å²) in [6.45, 7) is 1.28. The third kappa shape index (κ3) is 5.28. The summed E-state index contributed by atoms with van der Waals surface area (Å²) in [5.41, 5.74) is 6.13. The number of hydrogen-bond acceptors (Lipinski definition) is 2. The van der Waals surface area contributed by atoms with Crippen LogP contribution in [-0.4, -0.2) is 19.0 Å². The number of amides is 1. The minimum absolute atomic E-state index is 0.0551. The van der Waals surface area contributed by atoms with E-state index in [9.17, 15) is 9.18 Å². The molecule has 1 aromatic rings. The molecule has 17 heavy (non-hydrogen) atoms. The summed E-state index contributed by atoms with van der Waals surface area (Å²) in [6, 6.07) is 4.58. The Bertz CT molecular complexity index is 385. The Balaban J connectivity index is 2.37. The van der Waals surface area contributed by atoms with Crippen molar-refractivity contribution in [3.8, 4) is 0 Å². The lowest BCUT2D eigenvalue weighted by Gasteiger charge is -2.05. The summed E-state index contributed by atoms with van der Waals surface area (Å²) in [6.07, 6.45) is 2.05. The van der Waals surface area contributed by atoms with E-state index in [0.717, 1.165) is 18.4 Å². The summed E-state index contributed by atoms with van der Waals surface area (Å²) in [5.74, 6) is -0.377. The number of carbonyl (C=O) groups excluding carboxylic acids is 1. The largest absolute Gasteiger partial charge is 0.356 e. The third-order valence-corrected chi connectivity index (χ3v) is 2.91. The fraction of sp³-hybridized carbons (Fsp3) is 0.417. The van der Waals surface area contributed by atoms with Crippen LogP contribution in [0.25, 0.3) is 0 Å². The molecule has 1 amide bonds. The molecule has 3 nitrogen and oxygen atoms in total. The number of hydrogen-bond donors (Lipinski definition) is 2. The van der Waals surface area contributed by atoms with Crippen LogP contribution in [0.2, 0.25) is 0 Å². The van der Waals surface area contributed by atoms with E-state index in [-0.39, 0.29) is 18.1 Å². The van der Waals surface area contributed by atoms with Crippen LogP contribution in [0.5, 0.6) is 0 Å². The Labute approximate surface area is 109 Å². The first kappa shape index (κ1) is 14.1. The van der Waals surface area contributed by atoms with Gasteiger partial charge in [0.25, 0.3) is 0 Å². The molecule has 0 aromatic heterocycles. The van der Waals surface area contributed by atoms with Gasteiger partial charge in [-0.2, -0.15) is 0 Å². The summed E-state index contributed by atoms with van der Waals surface area (Å²) >= 11 is 3.09. The monoisotopic (exact) mass is 302 g/mol. The highest BCUT2D eigenvalue weighted by Crippen LogP contribution is 2.17. The van der Waals surface area contributed by atoms with Crippen molar-refractivity contribution in [3.05, 3.63) is 34.1 Å². The number of benzene rings is 1. The summed E-state index contributed by atoms with van der Waals surface area (Å²) in [4.78, 5) is 11.5. The Kier molecular flexibility index (Phi) is 6.15. The van der Waals surface area contributed by atoms with Crippen LogP contribution in [0.3, 0.4) is 0 Å². The molecule has 0 fully saturated rings. The maximum absolute atomic E-state index is 13.0. The number of halogens is 2. The zero-order valence-electron chi connectivity index (χ0n) is 9.51. The van der Waals surface area contributed by atoms with Crippen LogP contribution in [0, 0.1) is 5.82 Å². The standard InChI is InChI=1S/C12H16BrFN2O/c13-10-7-9(3-4-11(10)14)8-12(17)16-6-2-1-5-15/h3-4,7H,1-2,5-6,8,15H2,(H,16,17). The number of rotatable bonds is 6. The molecule has 0 heterocycles. The third-order valence-electron chi connectivity index (χ3n) is 2.30.